The Morgan fingerprint density at radius 3 is 2.29 bits per heavy atom. The van der Waals surface area contributed by atoms with E-state index in [0.29, 0.717) is 6.42 Å². The molecule has 9 heteroatoms. The average molecular weight is 463 g/mol. The van der Waals surface area contributed by atoms with Gasteiger partial charge in [-0.1, -0.05) is 55.5 Å². The number of nitrogens with zero attached hydrogens (tertiary/aromatic N) is 3. The molecule has 0 spiro atoms. The first-order valence-electron chi connectivity index (χ1n) is 11.1. The highest BCUT2D eigenvalue weighted by Gasteiger charge is 2.30. The topological polar surface area (TPSA) is 114 Å². The van der Waals surface area contributed by atoms with Crippen LogP contribution in [0.4, 0.5) is 10.6 Å². The van der Waals surface area contributed by atoms with Crippen molar-refractivity contribution in [1.29, 1.82) is 0 Å². The lowest BCUT2D eigenvalue weighted by Crippen LogP contribution is -2.36. The fourth-order valence-corrected chi connectivity index (χ4v) is 4.32. The van der Waals surface area contributed by atoms with E-state index in [1.54, 1.807) is 7.05 Å². The Kier molecular flexibility index (Phi) is 6.62. The summed E-state index contributed by atoms with van der Waals surface area (Å²) in [6, 6.07) is 16.1. The second-order valence-corrected chi connectivity index (χ2v) is 8.14. The van der Waals surface area contributed by atoms with Crippen LogP contribution in [0.25, 0.3) is 11.1 Å². The second kappa shape index (κ2) is 9.78. The van der Waals surface area contributed by atoms with E-state index in [1.807, 2.05) is 43.3 Å². The summed E-state index contributed by atoms with van der Waals surface area (Å²) in [7, 11) is 1.61. The van der Waals surface area contributed by atoms with Crippen molar-refractivity contribution in [3.8, 4) is 11.1 Å². The van der Waals surface area contributed by atoms with E-state index in [2.05, 4.69) is 22.5 Å². The van der Waals surface area contributed by atoms with Crippen LogP contribution >= 0.6 is 0 Å². The van der Waals surface area contributed by atoms with Gasteiger partial charge < -0.3 is 14.7 Å². The Balaban J connectivity index is 1.48. The van der Waals surface area contributed by atoms with Crippen LogP contribution in [0.15, 0.2) is 54.7 Å². The van der Waals surface area contributed by atoms with Crippen LogP contribution in [0.5, 0.6) is 0 Å². The number of aliphatic carboxylic acids is 1. The standard InChI is InChI=1S/C25H26N4O5/c1-3-12-29(14-22(30)31)24(32)20-13-28(2)27-23(20)26-25(33)34-15-21-18-10-6-4-8-16(18)17-9-5-7-11-19(17)21/h4-11,13,21H,3,12,14-15H2,1-2H3,(H,30,31)(H,26,27,33). The van der Waals surface area contributed by atoms with E-state index in [-0.39, 0.29) is 30.5 Å². The lowest BCUT2D eigenvalue weighted by atomic mass is 9.98. The van der Waals surface area contributed by atoms with E-state index in [0.717, 1.165) is 22.3 Å². The number of carbonyl (C=O) groups is 3. The van der Waals surface area contributed by atoms with Gasteiger partial charge >= 0.3 is 12.1 Å². The molecule has 0 bridgehead atoms. The van der Waals surface area contributed by atoms with Crippen molar-refractivity contribution in [2.24, 2.45) is 7.05 Å². The maximum absolute atomic E-state index is 12.9. The number of carboxylic acid groups (broad SMARTS) is 1. The number of carbonyl (C=O) groups excluding carboxylic acids is 2. The summed E-state index contributed by atoms with van der Waals surface area (Å²) in [5.41, 5.74) is 4.53. The molecule has 1 heterocycles. The van der Waals surface area contributed by atoms with Gasteiger partial charge in [0, 0.05) is 25.7 Å². The third kappa shape index (κ3) is 4.63. The van der Waals surface area contributed by atoms with E-state index in [4.69, 9.17) is 9.84 Å². The molecule has 176 valence electrons. The Morgan fingerprint density at radius 1 is 1.09 bits per heavy atom. The summed E-state index contributed by atoms with van der Waals surface area (Å²) >= 11 is 0. The van der Waals surface area contributed by atoms with Crippen LogP contribution in [-0.2, 0) is 16.6 Å². The number of aromatic nitrogens is 2. The minimum Gasteiger partial charge on any atom is -0.480 e. The zero-order chi connectivity index (χ0) is 24.2. The number of aryl methyl sites for hydroxylation is 1. The van der Waals surface area contributed by atoms with Gasteiger partial charge in [0.15, 0.2) is 5.82 Å². The van der Waals surface area contributed by atoms with E-state index < -0.39 is 24.5 Å². The number of carboxylic acids is 1. The van der Waals surface area contributed by atoms with Gasteiger partial charge in [0.2, 0.25) is 0 Å². The molecule has 1 aliphatic rings. The highest BCUT2D eigenvalue weighted by molar-refractivity contribution is 6.02. The van der Waals surface area contributed by atoms with Crippen molar-refractivity contribution in [2.45, 2.75) is 19.3 Å². The number of fused-ring (bicyclic) bond motifs is 3. The van der Waals surface area contributed by atoms with Gasteiger partial charge in [-0.05, 0) is 28.7 Å². The van der Waals surface area contributed by atoms with Gasteiger partial charge in [-0.15, -0.1) is 0 Å². The fraction of sp³-hybridized carbons (Fsp3) is 0.280. The van der Waals surface area contributed by atoms with Crippen molar-refractivity contribution in [3.05, 3.63) is 71.4 Å². The van der Waals surface area contributed by atoms with Crippen molar-refractivity contribution >= 4 is 23.8 Å². The predicted molar refractivity (Wildman–Crippen MR) is 126 cm³/mol. The smallest absolute Gasteiger partial charge is 0.412 e. The summed E-state index contributed by atoms with van der Waals surface area (Å²) < 4.78 is 6.93. The Hall–Kier alpha value is -4.14. The lowest BCUT2D eigenvalue weighted by Gasteiger charge is -2.19. The minimum atomic E-state index is -1.11. The number of hydrogen-bond acceptors (Lipinski definition) is 5. The summed E-state index contributed by atoms with van der Waals surface area (Å²) in [4.78, 5) is 38.0. The van der Waals surface area contributed by atoms with Gasteiger partial charge in [-0.25, -0.2) is 4.79 Å². The normalized spacial score (nSPS) is 12.1. The summed E-state index contributed by atoms with van der Waals surface area (Å²) in [5, 5.41) is 15.8. The number of amides is 2. The summed E-state index contributed by atoms with van der Waals surface area (Å²) in [5.74, 6) is -1.71. The maximum Gasteiger partial charge on any atom is 0.412 e. The third-order valence-electron chi connectivity index (χ3n) is 5.73. The van der Waals surface area contributed by atoms with Crippen LogP contribution in [0, 0.1) is 0 Å². The quantitative estimate of drug-likeness (QED) is 0.527. The van der Waals surface area contributed by atoms with Gasteiger partial charge in [-0.3, -0.25) is 19.6 Å². The van der Waals surface area contributed by atoms with Crippen molar-refractivity contribution in [1.82, 2.24) is 14.7 Å². The Labute approximate surface area is 196 Å². The molecule has 0 fully saturated rings. The molecule has 0 radical (unpaired) electrons. The third-order valence-corrected chi connectivity index (χ3v) is 5.73. The molecule has 3 aromatic rings. The van der Waals surface area contributed by atoms with Crippen molar-refractivity contribution < 1.29 is 24.2 Å². The fourth-order valence-electron chi connectivity index (χ4n) is 4.32. The van der Waals surface area contributed by atoms with Crippen LogP contribution in [-0.4, -0.2) is 57.5 Å². The molecule has 1 aliphatic carbocycles. The molecule has 0 aliphatic heterocycles. The Bertz CT molecular complexity index is 1190. The molecule has 1 aromatic heterocycles. The molecule has 4 rings (SSSR count). The maximum atomic E-state index is 12.9. The number of anilines is 1. The van der Waals surface area contributed by atoms with Crippen LogP contribution < -0.4 is 5.32 Å². The predicted octanol–water partition coefficient (Wildman–Crippen LogP) is 3.72. The molecule has 2 aromatic carbocycles. The zero-order valence-electron chi connectivity index (χ0n) is 19.0. The van der Waals surface area contributed by atoms with E-state index in [9.17, 15) is 14.4 Å². The summed E-state index contributed by atoms with van der Waals surface area (Å²) in [6.45, 7) is 1.80. The molecular formula is C25H26N4O5. The highest BCUT2D eigenvalue weighted by atomic mass is 16.5. The average Bonchev–Trinajstić information content (AvgIpc) is 3.34. The summed E-state index contributed by atoms with van der Waals surface area (Å²) in [6.07, 6.45) is 1.30. The molecule has 0 saturated carbocycles. The van der Waals surface area contributed by atoms with Crippen molar-refractivity contribution in [3.63, 3.8) is 0 Å². The zero-order valence-corrected chi connectivity index (χ0v) is 19.0. The second-order valence-electron chi connectivity index (χ2n) is 8.14. The van der Waals surface area contributed by atoms with Crippen LogP contribution in [0.3, 0.4) is 0 Å². The number of hydrogen-bond donors (Lipinski definition) is 2. The van der Waals surface area contributed by atoms with Gasteiger partial charge in [0.05, 0.1) is 0 Å². The molecule has 2 amide bonds. The molecule has 0 unspecified atom stereocenters. The number of benzene rings is 2. The molecule has 0 saturated heterocycles. The van der Waals surface area contributed by atoms with E-state index >= 15 is 0 Å². The van der Waals surface area contributed by atoms with Crippen molar-refractivity contribution in [2.75, 3.05) is 25.0 Å². The number of rotatable bonds is 8. The van der Waals surface area contributed by atoms with Crippen LogP contribution in [0.1, 0.15) is 40.7 Å². The first-order valence-corrected chi connectivity index (χ1v) is 11.1. The SMILES string of the molecule is CCCN(CC(=O)O)C(=O)c1cn(C)nc1NC(=O)OCC1c2ccccc2-c2ccccc21. The highest BCUT2D eigenvalue weighted by Crippen LogP contribution is 2.44. The van der Waals surface area contributed by atoms with E-state index in [1.165, 1.54) is 15.8 Å². The number of nitrogens with one attached hydrogen (secondary N) is 1. The largest absolute Gasteiger partial charge is 0.480 e. The monoisotopic (exact) mass is 462 g/mol. The van der Waals surface area contributed by atoms with Gasteiger partial charge in [0.25, 0.3) is 5.91 Å². The molecule has 2 N–H and O–H groups in total. The molecular weight excluding hydrogens is 436 g/mol. The number of ether oxygens (including phenoxy) is 1. The van der Waals surface area contributed by atoms with Gasteiger partial charge in [0.1, 0.15) is 18.7 Å². The minimum absolute atomic E-state index is 0.0243. The molecule has 34 heavy (non-hydrogen) atoms. The van der Waals surface area contributed by atoms with Gasteiger partial charge in [-0.2, -0.15) is 5.10 Å². The first kappa shape index (κ1) is 23.0. The molecule has 9 nitrogen and oxygen atoms in total. The lowest BCUT2D eigenvalue weighted by molar-refractivity contribution is -0.137. The molecule has 0 atom stereocenters. The first-order chi connectivity index (χ1) is 16.4. The van der Waals surface area contributed by atoms with Crippen LogP contribution in [0.2, 0.25) is 0 Å². The Morgan fingerprint density at radius 2 is 1.71 bits per heavy atom.